The van der Waals surface area contributed by atoms with Crippen molar-refractivity contribution in [2.75, 3.05) is 11.5 Å². The van der Waals surface area contributed by atoms with Gasteiger partial charge in [0.05, 0.1) is 0 Å². The van der Waals surface area contributed by atoms with Gasteiger partial charge in [0.25, 0.3) is 11.8 Å². The number of nitrogens with one attached hydrogen (secondary N) is 1. The van der Waals surface area contributed by atoms with Crippen LogP contribution in [0.25, 0.3) is 0 Å². The number of carbonyl (C=O) groups is 3. The number of nitrogens with two attached hydrogens (primary N) is 1. The summed E-state index contributed by atoms with van der Waals surface area (Å²) in [6.45, 7) is -0.0473. The van der Waals surface area contributed by atoms with Crippen LogP contribution < -0.4 is 11.1 Å². The van der Waals surface area contributed by atoms with E-state index in [0.717, 1.165) is 16.2 Å². The Kier molecular flexibility index (Phi) is 5.41. The van der Waals surface area contributed by atoms with Gasteiger partial charge < -0.3 is 25.5 Å². The molecule has 2 atom stereocenters. The Balaban J connectivity index is 1.49. The fraction of sp³-hybridized carbons (Fsp3) is 0.250. The van der Waals surface area contributed by atoms with Gasteiger partial charge in [-0.25, -0.2) is 9.78 Å². The van der Waals surface area contributed by atoms with E-state index in [0.29, 0.717) is 11.4 Å². The molecule has 1 fully saturated rings. The lowest BCUT2D eigenvalue weighted by Crippen LogP contribution is -2.70. The number of oxime groups is 1. The molecular formula is C16H14N6O6S2. The highest BCUT2D eigenvalue weighted by Crippen LogP contribution is 2.37. The van der Waals surface area contributed by atoms with Crippen LogP contribution in [0.15, 0.2) is 39.2 Å². The molecule has 2 amide bonds. The Morgan fingerprint density at radius 3 is 3.00 bits per heavy atom. The Morgan fingerprint density at radius 1 is 1.50 bits per heavy atom. The van der Waals surface area contributed by atoms with Gasteiger partial charge in [-0.1, -0.05) is 10.3 Å². The van der Waals surface area contributed by atoms with Gasteiger partial charge in [0.2, 0.25) is 0 Å². The highest BCUT2D eigenvalue weighted by Gasteiger charge is 2.53. The summed E-state index contributed by atoms with van der Waals surface area (Å²) in [5.41, 5.74) is 6.03. The summed E-state index contributed by atoms with van der Waals surface area (Å²) in [7, 11) is 0. The third kappa shape index (κ3) is 3.73. The molecule has 0 saturated carbocycles. The second-order valence-electron chi connectivity index (χ2n) is 6.05. The topological polar surface area (TPSA) is 173 Å². The number of hydrogen-bond donors (Lipinski definition) is 3. The van der Waals surface area contributed by atoms with E-state index in [4.69, 9.17) is 15.1 Å². The van der Waals surface area contributed by atoms with Gasteiger partial charge in [-0.3, -0.25) is 14.5 Å². The maximum atomic E-state index is 12.8. The zero-order valence-corrected chi connectivity index (χ0v) is 16.7. The van der Waals surface area contributed by atoms with Crippen molar-refractivity contribution >= 4 is 51.7 Å². The van der Waals surface area contributed by atoms with E-state index in [1.165, 1.54) is 29.5 Å². The molecule has 4 heterocycles. The Labute approximate surface area is 176 Å². The number of carboxylic acid groups (broad SMARTS) is 1. The molecule has 4 rings (SSSR count). The van der Waals surface area contributed by atoms with Crippen molar-refractivity contribution in [3.63, 3.8) is 0 Å². The first-order chi connectivity index (χ1) is 14.5. The van der Waals surface area contributed by atoms with Crippen molar-refractivity contribution < 1.29 is 28.9 Å². The van der Waals surface area contributed by atoms with Crippen LogP contribution in [0.1, 0.15) is 11.4 Å². The van der Waals surface area contributed by atoms with Crippen LogP contribution >= 0.6 is 23.1 Å². The summed E-state index contributed by atoms with van der Waals surface area (Å²) in [5, 5.41) is 20.6. The molecule has 2 aliphatic heterocycles. The van der Waals surface area contributed by atoms with Gasteiger partial charge in [-0.05, 0) is 6.08 Å². The number of carbonyl (C=O) groups excluding carboxylic acids is 2. The summed E-state index contributed by atoms with van der Waals surface area (Å²) in [6.07, 6.45) is 2.83. The number of nitrogen functional groups attached to an aromatic ring is 1. The van der Waals surface area contributed by atoms with Crippen LogP contribution in [-0.4, -0.2) is 60.8 Å². The number of fused-ring (bicyclic) bond motifs is 1. The second-order valence-corrected chi connectivity index (χ2v) is 8.09. The van der Waals surface area contributed by atoms with Gasteiger partial charge in [0.1, 0.15) is 34.8 Å². The van der Waals surface area contributed by atoms with Crippen LogP contribution in [0.2, 0.25) is 0 Å². The van der Waals surface area contributed by atoms with Crippen molar-refractivity contribution in [2.45, 2.75) is 18.0 Å². The number of hydrogen-bond acceptors (Lipinski definition) is 11. The summed E-state index contributed by atoms with van der Waals surface area (Å²) in [5.74, 6) is -2.01. The fourth-order valence-corrected chi connectivity index (χ4v) is 4.57. The molecule has 0 radical (unpaired) electrons. The molecule has 12 nitrogen and oxygen atoms in total. The predicted molar refractivity (Wildman–Crippen MR) is 105 cm³/mol. The van der Waals surface area contributed by atoms with E-state index >= 15 is 0 Å². The minimum atomic E-state index is -1.19. The average Bonchev–Trinajstić information content (AvgIpc) is 3.40. The normalized spacial score (nSPS) is 20.8. The first-order valence-corrected chi connectivity index (χ1v) is 10.4. The van der Waals surface area contributed by atoms with Gasteiger partial charge in [0.15, 0.2) is 17.5 Å². The summed E-state index contributed by atoms with van der Waals surface area (Å²) in [4.78, 5) is 47.0. The first-order valence-electron chi connectivity index (χ1n) is 8.45. The number of amides is 2. The number of anilines is 1. The SMILES string of the molecule is Nc1nc(C(=NOCc2ccon2)C(=O)NC2C(=O)N3C(C(=O)O)=CCS[C@@H]23)cs1. The van der Waals surface area contributed by atoms with E-state index in [1.807, 2.05) is 0 Å². The molecule has 1 saturated heterocycles. The van der Waals surface area contributed by atoms with Gasteiger partial charge >= 0.3 is 5.97 Å². The Hall–Kier alpha value is -3.39. The lowest BCUT2D eigenvalue weighted by molar-refractivity contribution is -0.150. The van der Waals surface area contributed by atoms with Crippen molar-refractivity contribution in [3.05, 3.63) is 40.9 Å². The van der Waals surface area contributed by atoms with Crippen molar-refractivity contribution in [1.29, 1.82) is 0 Å². The molecule has 2 aromatic heterocycles. The molecule has 1 unspecified atom stereocenters. The maximum absolute atomic E-state index is 12.8. The van der Waals surface area contributed by atoms with E-state index in [1.54, 1.807) is 6.07 Å². The number of rotatable bonds is 7. The third-order valence-electron chi connectivity index (χ3n) is 4.19. The van der Waals surface area contributed by atoms with Crippen molar-refractivity contribution in [1.82, 2.24) is 20.4 Å². The third-order valence-corrected chi connectivity index (χ3v) is 6.05. The van der Waals surface area contributed by atoms with E-state index < -0.39 is 29.2 Å². The highest BCUT2D eigenvalue weighted by molar-refractivity contribution is 8.00. The predicted octanol–water partition coefficient (Wildman–Crippen LogP) is 0.00260. The van der Waals surface area contributed by atoms with Crippen molar-refractivity contribution in [2.24, 2.45) is 5.16 Å². The molecule has 2 aromatic rings. The monoisotopic (exact) mass is 450 g/mol. The zero-order chi connectivity index (χ0) is 21.3. The highest BCUT2D eigenvalue weighted by atomic mass is 32.2. The molecule has 2 aliphatic rings. The second kappa shape index (κ2) is 8.16. The van der Waals surface area contributed by atoms with E-state index in [-0.39, 0.29) is 28.8 Å². The molecule has 0 aromatic carbocycles. The van der Waals surface area contributed by atoms with E-state index in [2.05, 4.69) is 20.6 Å². The number of thiazole rings is 1. The summed E-state index contributed by atoms with van der Waals surface area (Å²) < 4.78 is 4.69. The molecule has 4 N–H and O–H groups in total. The van der Waals surface area contributed by atoms with Crippen molar-refractivity contribution in [3.8, 4) is 0 Å². The number of nitrogens with zero attached hydrogens (tertiary/aromatic N) is 4. The summed E-state index contributed by atoms with van der Waals surface area (Å²) >= 11 is 2.46. The lowest BCUT2D eigenvalue weighted by Gasteiger charge is -2.48. The molecule has 0 aliphatic carbocycles. The van der Waals surface area contributed by atoms with Crippen LogP contribution in [0.3, 0.4) is 0 Å². The lowest BCUT2D eigenvalue weighted by atomic mass is 10.0. The quantitative estimate of drug-likeness (QED) is 0.296. The number of aromatic nitrogens is 2. The molecule has 14 heteroatoms. The maximum Gasteiger partial charge on any atom is 0.352 e. The molecule has 0 spiro atoms. The Morgan fingerprint density at radius 2 is 2.33 bits per heavy atom. The molecule has 30 heavy (non-hydrogen) atoms. The minimum absolute atomic E-state index is 0.0473. The smallest absolute Gasteiger partial charge is 0.352 e. The zero-order valence-electron chi connectivity index (χ0n) is 15.0. The van der Waals surface area contributed by atoms with Crippen LogP contribution in [-0.2, 0) is 25.8 Å². The van der Waals surface area contributed by atoms with E-state index in [9.17, 15) is 19.5 Å². The molecule has 156 valence electrons. The minimum Gasteiger partial charge on any atom is -0.477 e. The van der Waals surface area contributed by atoms with Crippen LogP contribution in [0.4, 0.5) is 5.13 Å². The summed E-state index contributed by atoms with van der Waals surface area (Å²) in [6, 6.07) is 0.674. The van der Waals surface area contributed by atoms with Crippen LogP contribution in [0, 0.1) is 0 Å². The standard InChI is InChI=1S/C16H14N6O6S2/c17-16-18-8(6-30-16)10(21-28-5-7-1-3-27-20-7)12(23)19-11-13(24)22-9(15(25)26)2-4-29-14(11)22/h1-3,6,11,14H,4-5H2,(H2,17,18)(H,19,23)(H,25,26)/t11?,14-/m0/s1. The fourth-order valence-electron chi connectivity index (χ4n) is 2.82. The number of β-lactam (4-membered cyclic amide) rings is 1. The first kappa shape index (κ1) is 19.9. The molecule has 0 bridgehead atoms. The largest absolute Gasteiger partial charge is 0.477 e. The van der Waals surface area contributed by atoms with Gasteiger partial charge in [-0.2, -0.15) is 0 Å². The molecular weight excluding hydrogens is 436 g/mol. The van der Waals surface area contributed by atoms with Gasteiger partial charge in [0, 0.05) is 17.2 Å². The number of thioether (sulfide) groups is 1. The number of aliphatic carboxylic acids is 1. The average molecular weight is 450 g/mol. The number of carboxylic acids is 1. The van der Waals surface area contributed by atoms with Gasteiger partial charge in [-0.15, -0.1) is 23.1 Å². The Bertz CT molecular complexity index is 1050. The van der Waals surface area contributed by atoms with Crippen LogP contribution in [0.5, 0.6) is 0 Å².